The van der Waals surface area contributed by atoms with E-state index in [0.717, 1.165) is 0 Å². The van der Waals surface area contributed by atoms with Gasteiger partial charge in [0.2, 0.25) is 0 Å². The van der Waals surface area contributed by atoms with Crippen molar-refractivity contribution in [2.45, 2.75) is 128 Å². The molecule has 1 N–H and O–H groups in total. The van der Waals surface area contributed by atoms with E-state index in [1.807, 2.05) is 41.5 Å². The molecule has 0 bridgehead atoms. The Morgan fingerprint density at radius 1 is 0.875 bits per heavy atom. The highest BCUT2D eigenvalue weighted by atomic mass is 31.1. The minimum absolute atomic E-state index is 0.315. The topological polar surface area (TPSA) is 105 Å². The highest BCUT2D eigenvalue weighted by Gasteiger charge is 2.62. The van der Waals surface area contributed by atoms with E-state index in [1.54, 1.807) is 13.8 Å². The summed E-state index contributed by atoms with van der Waals surface area (Å²) in [5.41, 5.74) is -1.06. The van der Waals surface area contributed by atoms with Crippen molar-refractivity contribution in [1.82, 2.24) is 5.06 Å². The van der Waals surface area contributed by atoms with E-state index in [1.165, 1.54) is 5.06 Å². The molecular weight excluding hydrogens is 441 g/mol. The molecule has 0 aromatic heterocycles. The largest absolute Gasteiger partial charge is 0.698 e. The number of nitrogens with zero attached hydrogens (tertiary/aromatic N) is 1. The molecule has 0 aromatic rings. The molecule has 11 heteroatoms. The maximum absolute atomic E-state index is 13.0. The minimum atomic E-state index is -2.49. The van der Waals surface area contributed by atoms with Gasteiger partial charge in [0.15, 0.2) is 24.0 Å². The van der Waals surface area contributed by atoms with Gasteiger partial charge in [0, 0.05) is 15.6 Å². The van der Waals surface area contributed by atoms with E-state index < -0.39 is 61.6 Å². The second kappa shape index (κ2) is 8.16. The lowest BCUT2D eigenvalue weighted by Crippen LogP contribution is -2.60. The highest BCUT2D eigenvalue weighted by molar-refractivity contribution is 7.33. The molecule has 0 aliphatic carbocycles. The van der Waals surface area contributed by atoms with Crippen LogP contribution in [0.4, 0.5) is 0 Å². The third kappa shape index (κ3) is 4.91. The summed E-state index contributed by atoms with van der Waals surface area (Å²) in [6, 6.07) is 0. The van der Waals surface area contributed by atoms with Crippen LogP contribution in [0.3, 0.4) is 0 Å². The third-order valence-corrected chi connectivity index (χ3v) is 7.35. The maximum atomic E-state index is 13.0. The molecule has 6 unspecified atom stereocenters. The van der Waals surface area contributed by atoms with Crippen LogP contribution in [0, 0.1) is 0 Å². The molecule has 32 heavy (non-hydrogen) atoms. The van der Waals surface area contributed by atoms with E-state index in [2.05, 4.69) is 0 Å². The van der Waals surface area contributed by atoms with Crippen LogP contribution in [0.15, 0.2) is 0 Å². The van der Waals surface area contributed by atoms with Crippen LogP contribution in [0.1, 0.15) is 68.2 Å². The first-order valence-electron chi connectivity index (χ1n) is 11.2. The predicted octanol–water partition coefficient (Wildman–Crippen LogP) is 3.48. The summed E-state index contributed by atoms with van der Waals surface area (Å²) in [6.07, 6.45) is -2.28. The molecule has 4 rings (SSSR count). The van der Waals surface area contributed by atoms with Crippen molar-refractivity contribution >= 4 is 8.25 Å². The molecule has 0 aromatic carbocycles. The van der Waals surface area contributed by atoms with Crippen molar-refractivity contribution in [3.63, 3.8) is 0 Å². The number of ether oxygens (including phenoxy) is 5. The van der Waals surface area contributed by atoms with Crippen LogP contribution in [0.25, 0.3) is 0 Å². The van der Waals surface area contributed by atoms with Crippen LogP contribution >= 0.6 is 8.25 Å². The third-order valence-electron chi connectivity index (χ3n) is 6.47. The molecule has 184 valence electrons. The van der Waals surface area contributed by atoms with Gasteiger partial charge in [0.05, 0.1) is 6.61 Å². The van der Waals surface area contributed by atoms with Gasteiger partial charge in [-0.3, -0.25) is 0 Å². The monoisotopic (exact) mass is 478 g/mol. The number of rotatable bonds is 5. The Morgan fingerprint density at radius 3 is 2.06 bits per heavy atom. The molecular formula is C21H37NO9P+. The fourth-order valence-electron chi connectivity index (χ4n) is 5.30. The Labute approximate surface area is 190 Å². The smallest absolute Gasteiger partial charge is 0.348 e. The number of piperidine rings is 1. The average Bonchev–Trinajstić information content (AvgIpc) is 3.22. The Balaban J connectivity index is 1.45. The molecule has 4 fully saturated rings. The first-order chi connectivity index (χ1) is 14.6. The van der Waals surface area contributed by atoms with Crippen LogP contribution in [0.2, 0.25) is 0 Å². The highest BCUT2D eigenvalue weighted by Crippen LogP contribution is 2.47. The van der Waals surface area contributed by atoms with Gasteiger partial charge >= 0.3 is 8.25 Å². The zero-order valence-corrected chi connectivity index (χ0v) is 21.1. The lowest BCUT2D eigenvalue weighted by molar-refractivity contribution is -0.255. The number of fused-ring (bicyclic) bond motifs is 1. The molecule has 0 spiro atoms. The Kier molecular flexibility index (Phi) is 6.33. The van der Waals surface area contributed by atoms with Gasteiger partial charge in [-0.2, -0.15) is 5.06 Å². The zero-order valence-electron chi connectivity index (χ0n) is 20.2. The first-order valence-corrected chi connectivity index (χ1v) is 12.3. The number of hydrogen-bond donors (Lipinski definition) is 1. The standard InChI is InChI=1S/C21H37NO9P/c1-18(2)9-12(10-19(3,4)22(18)23)30-32(24)31-15-14(13-11-25-20(5,6)27-13)26-17-16(15)28-21(7,8)29-17/h12-17,23H,9-11H2,1-8H3/q+1. The van der Waals surface area contributed by atoms with Crippen molar-refractivity contribution in [3.8, 4) is 0 Å². The molecule has 0 saturated carbocycles. The second-order valence-corrected chi connectivity index (χ2v) is 12.2. The first kappa shape index (κ1) is 24.9. The van der Waals surface area contributed by atoms with Crippen LogP contribution < -0.4 is 0 Å². The number of hydroxylamine groups is 2. The Hall–Kier alpha value is -0.260. The molecule has 4 heterocycles. The van der Waals surface area contributed by atoms with Gasteiger partial charge in [-0.15, -0.1) is 9.05 Å². The van der Waals surface area contributed by atoms with E-state index in [-0.39, 0.29) is 6.10 Å². The van der Waals surface area contributed by atoms with Gasteiger partial charge in [0.1, 0.15) is 24.4 Å². The second-order valence-electron chi connectivity index (χ2n) is 11.3. The predicted molar refractivity (Wildman–Crippen MR) is 112 cm³/mol. The van der Waals surface area contributed by atoms with Gasteiger partial charge < -0.3 is 28.9 Å². The molecule has 0 amide bonds. The van der Waals surface area contributed by atoms with Crippen molar-refractivity contribution in [1.29, 1.82) is 0 Å². The molecule has 10 nitrogen and oxygen atoms in total. The lowest BCUT2D eigenvalue weighted by atomic mass is 9.80. The summed E-state index contributed by atoms with van der Waals surface area (Å²) >= 11 is 0. The van der Waals surface area contributed by atoms with Gasteiger partial charge in [-0.25, -0.2) is 0 Å². The maximum Gasteiger partial charge on any atom is 0.698 e. The molecule has 0 radical (unpaired) electrons. The van der Waals surface area contributed by atoms with Crippen molar-refractivity contribution in [2.75, 3.05) is 6.61 Å². The Bertz CT molecular complexity index is 725. The average molecular weight is 478 g/mol. The van der Waals surface area contributed by atoms with Crippen molar-refractivity contribution in [2.24, 2.45) is 0 Å². The summed E-state index contributed by atoms with van der Waals surface area (Å²) in [5, 5.41) is 11.8. The van der Waals surface area contributed by atoms with E-state index in [4.69, 9.17) is 32.7 Å². The molecule has 6 atom stereocenters. The van der Waals surface area contributed by atoms with Crippen molar-refractivity contribution in [3.05, 3.63) is 0 Å². The van der Waals surface area contributed by atoms with Crippen molar-refractivity contribution < 1.29 is 42.5 Å². The van der Waals surface area contributed by atoms with Crippen LogP contribution in [-0.4, -0.2) is 76.3 Å². The lowest BCUT2D eigenvalue weighted by Gasteiger charge is -2.49. The zero-order chi connectivity index (χ0) is 23.7. The summed E-state index contributed by atoms with van der Waals surface area (Å²) in [5.74, 6) is -1.59. The SMILES string of the molecule is CC1(C)OCC(C2OC3OC(C)(C)OC3C2O[P+](=O)OC2CC(C)(C)N(O)C(C)(C)C2)O1. The van der Waals surface area contributed by atoms with E-state index in [0.29, 0.717) is 19.4 Å². The summed E-state index contributed by atoms with van der Waals surface area (Å²) < 4.78 is 54.4. The fraction of sp³-hybridized carbons (Fsp3) is 1.00. The molecule has 4 saturated heterocycles. The van der Waals surface area contributed by atoms with E-state index >= 15 is 0 Å². The molecule has 4 aliphatic rings. The summed E-state index contributed by atoms with van der Waals surface area (Å²) in [7, 11) is -2.49. The fourth-order valence-corrected chi connectivity index (χ4v) is 6.18. The van der Waals surface area contributed by atoms with Crippen LogP contribution in [0.5, 0.6) is 0 Å². The molecule has 4 aliphatic heterocycles. The van der Waals surface area contributed by atoms with Gasteiger partial charge in [-0.1, -0.05) is 0 Å². The summed E-state index contributed by atoms with van der Waals surface area (Å²) in [6.45, 7) is 15.3. The van der Waals surface area contributed by atoms with Crippen LogP contribution in [-0.2, 0) is 37.3 Å². The Morgan fingerprint density at radius 2 is 1.50 bits per heavy atom. The minimum Gasteiger partial charge on any atom is -0.348 e. The quantitative estimate of drug-likeness (QED) is 0.591. The van der Waals surface area contributed by atoms with Gasteiger partial charge in [-0.05, 0) is 68.2 Å². The van der Waals surface area contributed by atoms with E-state index in [9.17, 15) is 9.77 Å². The van der Waals surface area contributed by atoms with Gasteiger partial charge in [0.25, 0.3) is 0 Å². The number of hydrogen-bond acceptors (Lipinski definition) is 10. The summed E-state index contributed by atoms with van der Waals surface area (Å²) in [4.78, 5) is 0. The normalized spacial score (nSPS) is 41.0.